The monoisotopic (exact) mass is 301 g/mol. The van der Waals surface area contributed by atoms with Crippen molar-refractivity contribution in [2.75, 3.05) is 19.7 Å². The molecule has 0 spiro atoms. The number of fused-ring (bicyclic) bond motifs is 1. The highest BCUT2D eigenvalue weighted by Gasteiger charge is 2.30. The van der Waals surface area contributed by atoms with Gasteiger partial charge in [0.1, 0.15) is 5.65 Å². The normalized spacial score (nSPS) is 23.0. The van der Waals surface area contributed by atoms with Crippen LogP contribution in [0.4, 0.5) is 0 Å². The molecule has 1 atom stereocenters. The zero-order valence-electron chi connectivity index (χ0n) is 13.2. The molecule has 3 heterocycles. The van der Waals surface area contributed by atoms with E-state index in [0.717, 1.165) is 37.3 Å². The fourth-order valence-corrected chi connectivity index (χ4v) is 3.37. The molecule has 1 unspecified atom stereocenters. The molecular formula is C17H23N3O2. The summed E-state index contributed by atoms with van der Waals surface area (Å²) in [5.41, 5.74) is 2.33. The number of aryl methyl sites for hydroxylation is 1. The summed E-state index contributed by atoms with van der Waals surface area (Å²) >= 11 is 0. The number of pyridine rings is 1. The Morgan fingerprint density at radius 2 is 2.23 bits per heavy atom. The molecule has 0 radical (unpaired) electrons. The lowest BCUT2D eigenvalue weighted by Gasteiger charge is -2.39. The van der Waals surface area contributed by atoms with Crippen LogP contribution < -0.4 is 5.56 Å². The first-order chi connectivity index (χ1) is 10.5. The van der Waals surface area contributed by atoms with Crippen LogP contribution in [0.15, 0.2) is 29.1 Å². The lowest BCUT2D eigenvalue weighted by molar-refractivity contribution is 0.0424. The summed E-state index contributed by atoms with van der Waals surface area (Å²) < 4.78 is 1.64. The van der Waals surface area contributed by atoms with Crippen molar-refractivity contribution in [2.45, 2.75) is 33.2 Å². The summed E-state index contributed by atoms with van der Waals surface area (Å²) in [4.78, 5) is 19.2. The average Bonchev–Trinajstić information content (AvgIpc) is 2.47. The smallest absolute Gasteiger partial charge is 0.258 e. The Bertz CT molecular complexity index is 740. The molecular weight excluding hydrogens is 278 g/mol. The maximum atomic E-state index is 12.3. The fraction of sp³-hybridized carbons (Fsp3) is 0.529. The van der Waals surface area contributed by atoms with Gasteiger partial charge in [0, 0.05) is 36.9 Å². The van der Waals surface area contributed by atoms with E-state index in [2.05, 4.69) is 16.8 Å². The quantitative estimate of drug-likeness (QED) is 0.935. The second kappa shape index (κ2) is 5.82. The van der Waals surface area contributed by atoms with Gasteiger partial charge in [0.25, 0.3) is 5.56 Å². The predicted molar refractivity (Wildman–Crippen MR) is 85.9 cm³/mol. The van der Waals surface area contributed by atoms with Crippen molar-refractivity contribution in [1.82, 2.24) is 14.3 Å². The molecule has 0 saturated carbocycles. The van der Waals surface area contributed by atoms with Gasteiger partial charge in [0.15, 0.2) is 0 Å². The molecule has 5 heteroatoms. The van der Waals surface area contributed by atoms with Gasteiger partial charge in [0.05, 0.1) is 5.69 Å². The minimum atomic E-state index is -0.0409. The number of rotatable bonds is 3. The van der Waals surface area contributed by atoms with Gasteiger partial charge < -0.3 is 5.11 Å². The number of hydrogen-bond acceptors (Lipinski definition) is 4. The van der Waals surface area contributed by atoms with Crippen molar-refractivity contribution < 1.29 is 5.11 Å². The van der Waals surface area contributed by atoms with E-state index in [1.807, 2.05) is 25.1 Å². The van der Waals surface area contributed by atoms with E-state index < -0.39 is 0 Å². The van der Waals surface area contributed by atoms with Gasteiger partial charge in [-0.2, -0.15) is 0 Å². The highest BCUT2D eigenvalue weighted by molar-refractivity contribution is 5.40. The molecule has 0 aliphatic carbocycles. The van der Waals surface area contributed by atoms with E-state index in [0.29, 0.717) is 12.2 Å². The lowest BCUT2D eigenvalue weighted by Crippen LogP contribution is -2.43. The van der Waals surface area contributed by atoms with Crippen LogP contribution in [-0.4, -0.2) is 39.1 Å². The zero-order valence-corrected chi connectivity index (χ0v) is 13.2. The minimum absolute atomic E-state index is 0.0278. The van der Waals surface area contributed by atoms with Gasteiger partial charge in [-0.15, -0.1) is 0 Å². The van der Waals surface area contributed by atoms with Crippen molar-refractivity contribution in [3.63, 3.8) is 0 Å². The van der Waals surface area contributed by atoms with E-state index in [9.17, 15) is 9.90 Å². The minimum Gasteiger partial charge on any atom is -0.396 e. The number of hydrogen-bond donors (Lipinski definition) is 1. The molecule has 0 amide bonds. The van der Waals surface area contributed by atoms with Crippen LogP contribution >= 0.6 is 0 Å². The number of piperidine rings is 1. The van der Waals surface area contributed by atoms with Crippen LogP contribution in [-0.2, 0) is 6.54 Å². The predicted octanol–water partition coefficient (Wildman–Crippen LogP) is 1.60. The highest BCUT2D eigenvalue weighted by Crippen LogP contribution is 2.29. The van der Waals surface area contributed by atoms with Crippen LogP contribution in [0.25, 0.3) is 5.65 Å². The van der Waals surface area contributed by atoms with Crippen molar-refractivity contribution in [1.29, 1.82) is 0 Å². The first-order valence-corrected chi connectivity index (χ1v) is 7.82. The van der Waals surface area contributed by atoms with Gasteiger partial charge in [-0.05, 0) is 38.4 Å². The average molecular weight is 301 g/mol. The standard InChI is InChI=1S/C17H23N3O2/c1-13-5-3-6-15-18-14(9-16(22)20(13)15)10-19-8-4-7-17(2,11-19)12-21/h3,5-6,9,21H,4,7-8,10-12H2,1-2H3. The van der Waals surface area contributed by atoms with Crippen molar-refractivity contribution in [3.8, 4) is 0 Å². The van der Waals surface area contributed by atoms with E-state index in [-0.39, 0.29) is 17.6 Å². The van der Waals surface area contributed by atoms with Gasteiger partial charge in [-0.1, -0.05) is 13.0 Å². The maximum absolute atomic E-state index is 12.3. The first-order valence-electron chi connectivity index (χ1n) is 7.82. The Labute approximate surface area is 130 Å². The number of aromatic nitrogens is 2. The number of nitrogens with zero attached hydrogens (tertiary/aromatic N) is 3. The van der Waals surface area contributed by atoms with E-state index in [1.165, 1.54) is 0 Å². The maximum Gasteiger partial charge on any atom is 0.258 e. The van der Waals surface area contributed by atoms with E-state index >= 15 is 0 Å². The summed E-state index contributed by atoms with van der Waals surface area (Å²) in [7, 11) is 0. The van der Waals surface area contributed by atoms with Gasteiger partial charge in [-0.25, -0.2) is 4.98 Å². The Morgan fingerprint density at radius 3 is 3.00 bits per heavy atom. The first kappa shape index (κ1) is 15.2. The van der Waals surface area contributed by atoms with Gasteiger partial charge in [0.2, 0.25) is 0 Å². The zero-order chi connectivity index (χ0) is 15.7. The largest absolute Gasteiger partial charge is 0.396 e. The Balaban J connectivity index is 1.87. The van der Waals surface area contributed by atoms with Crippen molar-refractivity contribution in [2.24, 2.45) is 5.41 Å². The molecule has 2 aromatic heterocycles. The molecule has 1 aliphatic rings. The highest BCUT2D eigenvalue weighted by atomic mass is 16.3. The lowest BCUT2D eigenvalue weighted by atomic mass is 9.83. The van der Waals surface area contributed by atoms with Gasteiger partial charge >= 0.3 is 0 Å². The Hall–Kier alpha value is -1.72. The molecule has 1 N–H and O–H groups in total. The van der Waals surface area contributed by atoms with Crippen molar-refractivity contribution in [3.05, 3.63) is 46.0 Å². The summed E-state index contributed by atoms with van der Waals surface area (Å²) in [6.45, 7) is 6.73. The van der Waals surface area contributed by atoms with Crippen LogP contribution in [0.3, 0.4) is 0 Å². The molecule has 22 heavy (non-hydrogen) atoms. The molecule has 3 rings (SSSR count). The molecule has 0 aromatic carbocycles. The number of aliphatic hydroxyl groups excluding tert-OH is 1. The third kappa shape index (κ3) is 2.91. The molecule has 1 aliphatic heterocycles. The topological polar surface area (TPSA) is 57.8 Å². The molecule has 118 valence electrons. The van der Waals surface area contributed by atoms with Crippen LogP contribution in [0.2, 0.25) is 0 Å². The fourth-order valence-electron chi connectivity index (χ4n) is 3.37. The second-order valence-electron chi connectivity index (χ2n) is 6.73. The summed E-state index contributed by atoms with van der Waals surface area (Å²) in [5.74, 6) is 0. The van der Waals surface area contributed by atoms with Crippen LogP contribution in [0, 0.1) is 12.3 Å². The van der Waals surface area contributed by atoms with Gasteiger partial charge in [-0.3, -0.25) is 14.1 Å². The van der Waals surface area contributed by atoms with Crippen LogP contribution in [0.1, 0.15) is 31.2 Å². The molecule has 1 saturated heterocycles. The van der Waals surface area contributed by atoms with E-state index in [1.54, 1.807) is 10.5 Å². The number of likely N-dealkylation sites (tertiary alicyclic amines) is 1. The Morgan fingerprint density at radius 1 is 1.41 bits per heavy atom. The SMILES string of the molecule is Cc1cccc2nc(CN3CCCC(C)(CO)C3)cc(=O)n12. The summed E-state index contributed by atoms with van der Waals surface area (Å²) in [6.07, 6.45) is 2.12. The second-order valence-corrected chi connectivity index (χ2v) is 6.73. The summed E-state index contributed by atoms with van der Waals surface area (Å²) in [6, 6.07) is 7.33. The molecule has 5 nitrogen and oxygen atoms in total. The van der Waals surface area contributed by atoms with Crippen molar-refractivity contribution >= 4 is 5.65 Å². The van der Waals surface area contributed by atoms with Crippen LogP contribution in [0.5, 0.6) is 0 Å². The molecule has 2 aromatic rings. The molecule has 1 fully saturated rings. The Kier molecular flexibility index (Phi) is 4.02. The third-order valence-corrected chi connectivity index (χ3v) is 4.56. The summed E-state index contributed by atoms with van der Waals surface area (Å²) in [5, 5.41) is 9.55. The third-order valence-electron chi connectivity index (χ3n) is 4.56. The molecule has 0 bridgehead atoms. The van der Waals surface area contributed by atoms with E-state index in [4.69, 9.17) is 0 Å². The number of aliphatic hydroxyl groups is 1.